The predicted octanol–water partition coefficient (Wildman–Crippen LogP) is 4.65. The number of hydrogen-bond donors (Lipinski definition) is 2. The summed E-state index contributed by atoms with van der Waals surface area (Å²) in [5, 5.41) is 11.1. The molecule has 0 saturated carbocycles. The van der Waals surface area contributed by atoms with E-state index in [0.29, 0.717) is 16.5 Å². The Bertz CT molecular complexity index is 1140. The largest absolute Gasteiger partial charge is 0.324 e. The van der Waals surface area contributed by atoms with E-state index in [1.807, 2.05) is 57.2 Å². The van der Waals surface area contributed by atoms with Gasteiger partial charge in [0.25, 0.3) is 0 Å². The van der Waals surface area contributed by atoms with Crippen molar-refractivity contribution in [3.8, 4) is 11.3 Å². The van der Waals surface area contributed by atoms with Crippen molar-refractivity contribution in [1.29, 1.82) is 0 Å². The fraction of sp³-hybridized carbons (Fsp3) is 0.227. The van der Waals surface area contributed by atoms with E-state index in [2.05, 4.69) is 15.7 Å². The van der Waals surface area contributed by atoms with Crippen molar-refractivity contribution in [2.45, 2.75) is 33.2 Å². The van der Waals surface area contributed by atoms with Crippen LogP contribution in [0.1, 0.15) is 29.2 Å². The lowest BCUT2D eigenvalue weighted by Gasteiger charge is -2.24. The molecule has 0 bridgehead atoms. The van der Waals surface area contributed by atoms with Gasteiger partial charge in [-0.05, 0) is 44.5 Å². The summed E-state index contributed by atoms with van der Waals surface area (Å²) >= 11 is 6.12. The molecule has 148 valence electrons. The summed E-state index contributed by atoms with van der Waals surface area (Å²) in [6.45, 7) is 5.82. The number of amides is 2. The van der Waals surface area contributed by atoms with Crippen LogP contribution in [0.25, 0.3) is 11.3 Å². The molecule has 2 amide bonds. The first-order chi connectivity index (χ1) is 13.8. The highest BCUT2D eigenvalue weighted by molar-refractivity contribution is 6.30. The van der Waals surface area contributed by atoms with Crippen LogP contribution in [-0.4, -0.2) is 21.6 Å². The molecule has 1 aromatic heterocycles. The summed E-state index contributed by atoms with van der Waals surface area (Å²) < 4.78 is 1.60. The Hall–Kier alpha value is -3.12. The third-order valence-corrected chi connectivity index (χ3v) is 5.35. The molecule has 0 spiro atoms. The monoisotopic (exact) mass is 408 g/mol. The second-order valence-electron chi connectivity index (χ2n) is 7.35. The second kappa shape index (κ2) is 7.37. The van der Waals surface area contributed by atoms with Crippen LogP contribution < -0.4 is 10.6 Å². The van der Waals surface area contributed by atoms with Gasteiger partial charge in [0, 0.05) is 21.8 Å². The van der Waals surface area contributed by atoms with E-state index in [9.17, 15) is 9.59 Å². The molecule has 0 radical (unpaired) electrons. The van der Waals surface area contributed by atoms with Gasteiger partial charge in [-0.2, -0.15) is 5.10 Å². The number of rotatable bonds is 3. The van der Waals surface area contributed by atoms with E-state index in [1.54, 1.807) is 10.7 Å². The number of fused-ring (bicyclic) bond motifs is 1. The van der Waals surface area contributed by atoms with Crippen LogP contribution in [0.3, 0.4) is 0 Å². The number of carbonyl (C=O) groups is 2. The number of hydrogen-bond acceptors (Lipinski definition) is 3. The van der Waals surface area contributed by atoms with Gasteiger partial charge in [-0.15, -0.1) is 0 Å². The molecule has 1 aliphatic rings. The Morgan fingerprint density at radius 3 is 2.72 bits per heavy atom. The summed E-state index contributed by atoms with van der Waals surface area (Å²) in [7, 11) is 0. The van der Waals surface area contributed by atoms with Crippen LogP contribution >= 0.6 is 11.6 Å². The lowest BCUT2D eigenvalue weighted by molar-refractivity contribution is -0.125. The Labute approximate surface area is 173 Å². The molecule has 4 rings (SSSR count). The topological polar surface area (TPSA) is 76.0 Å². The normalized spacial score (nSPS) is 15.6. The molecule has 7 heteroatoms. The first-order valence-electron chi connectivity index (χ1n) is 9.36. The van der Waals surface area contributed by atoms with Crippen LogP contribution in [0.15, 0.2) is 42.5 Å². The number of nitrogens with one attached hydrogen (secondary N) is 2. The van der Waals surface area contributed by atoms with Crippen molar-refractivity contribution in [1.82, 2.24) is 9.78 Å². The minimum absolute atomic E-state index is 0.0276. The zero-order valence-electron chi connectivity index (χ0n) is 16.4. The predicted molar refractivity (Wildman–Crippen MR) is 114 cm³/mol. The lowest BCUT2D eigenvalue weighted by atomic mass is 10.1. The number of carbonyl (C=O) groups excluding carboxylic acids is 2. The van der Waals surface area contributed by atoms with Gasteiger partial charge in [-0.1, -0.05) is 41.4 Å². The zero-order chi connectivity index (χ0) is 20.7. The Balaban J connectivity index is 1.71. The van der Waals surface area contributed by atoms with Gasteiger partial charge < -0.3 is 10.6 Å². The molecule has 1 aliphatic heterocycles. The maximum absolute atomic E-state index is 13.1. The number of nitrogens with zero attached hydrogens (tertiary/aromatic N) is 2. The molecule has 29 heavy (non-hydrogen) atoms. The minimum atomic E-state index is -0.730. The summed E-state index contributed by atoms with van der Waals surface area (Å²) in [5.74, 6) is 0.0594. The molecule has 3 aromatic rings. The Kier molecular flexibility index (Phi) is 4.88. The molecule has 2 aromatic carbocycles. The van der Waals surface area contributed by atoms with Gasteiger partial charge in [-0.25, -0.2) is 4.68 Å². The van der Waals surface area contributed by atoms with E-state index in [-0.39, 0.29) is 18.2 Å². The summed E-state index contributed by atoms with van der Waals surface area (Å²) in [6, 6.07) is 12.4. The highest BCUT2D eigenvalue weighted by atomic mass is 35.5. The number of aryl methyl sites for hydroxylation is 2. The fourth-order valence-electron chi connectivity index (χ4n) is 3.62. The van der Waals surface area contributed by atoms with E-state index < -0.39 is 6.04 Å². The Morgan fingerprint density at radius 1 is 1.21 bits per heavy atom. The van der Waals surface area contributed by atoms with Gasteiger partial charge in [0.2, 0.25) is 11.8 Å². The standard InChI is InChI=1S/C22H21ClN4O2/c1-12-7-8-17(13(2)9-12)24-22(29)18-11-19(28)25-21-14(3)20(26-27(18)21)15-5-4-6-16(23)10-15/h4-10,18H,11H2,1-3H3,(H,24,29)(H,25,28). The molecule has 0 saturated heterocycles. The third kappa shape index (κ3) is 3.63. The molecule has 2 N–H and O–H groups in total. The van der Waals surface area contributed by atoms with E-state index in [4.69, 9.17) is 11.6 Å². The Morgan fingerprint density at radius 2 is 2.00 bits per heavy atom. The number of benzene rings is 2. The maximum Gasteiger partial charge on any atom is 0.249 e. The van der Waals surface area contributed by atoms with Crippen LogP contribution in [0.4, 0.5) is 11.5 Å². The summed E-state index contributed by atoms with van der Waals surface area (Å²) in [6.07, 6.45) is 0.0276. The van der Waals surface area contributed by atoms with Crippen molar-refractivity contribution in [3.05, 3.63) is 64.2 Å². The highest BCUT2D eigenvalue weighted by Crippen LogP contribution is 2.35. The lowest BCUT2D eigenvalue weighted by Crippen LogP contribution is -2.36. The van der Waals surface area contributed by atoms with Crippen LogP contribution in [0, 0.1) is 20.8 Å². The van der Waals surface area contributed by atoms with E-state index >= 15 is 0 Å². The van der Waals surface area contributed by atoms with E-state index in [1.165, 1.54) is 0 Å². The van der Waals surface area contributed by atoms with Crippen molar-refractivity contribution in [2.24, 2.45) is 0 Å². The molecule has 1 atom stereocenters. The smallest absolute Gasteiger partial charge is 0.249 e. The van der Waals surface area contributed by atoms with E-state index in [0.717, 1.165) is 27.9 Å². The van der Waals surface area contributed by atoms with Gasteiger partial charge >= 0.3 is 0 Å². The van der Waals surface area contributed by atoms with Gasteiger partial charge in [-0.3, -0.25) is 9.59 Å². The molecule has 2 heterocycles. The minimum Gasteiger partial charge on any atom is -0.324 e. The first-order valence-corrected chi connectivity index (χ1v) is 9.74. The van der Waals surface area contributed by atoms with Crippen molar-refractivity contribution < 1.29 is 9.59 Å². The fourth-order valence-corrected chi connectivity index (χ4v) is 3.81. The molecular weight excluding hydrogens is 388 g/mol. The maximum atomic E-state index is 13.1. The molecule has 0 fully saturated rings. The second-order valence-corrected chi connectivity index (χ2v) is 7.79. The average molecular weight is 409 g/mol. The van der Waals surface area contributed by atoms with Crippen LogP contribution in [0.5, 0.6) is 0 Å². The molecule has 0 aliphatic carbocycles. The number of aromatic nitrogens is 2. The van der Waals surface area contributed by atoms with Crippen LogP contribution in [0.2, 0.25) is 5.02 Å². The number of anilines is 2. The SMILES string of the molecule is Cc1ccc(NC(=O)C2CC(=O)Nc3c(C)c(-c4cccc(Cl)c4)nn32)c(C)c1. The number of halogens is 1. The highest BCUT2D eigenvalue weighted by Gasteiger charge is 2.34. The first kappa shape index (κ1) is 19.2. The third-order valence-electron chi connectivity index (χ3n) is 5.12. The van der Waals surface area contributed by atoms with Crippen LogP contribution in [-0.2, 0) is 9.59 Å². The summed E-state index contributed by atoms with van der Waals surface area (Å²) in [4.78, 5) is 25.4. The van der Waals surface area contributed by atoms with Crippen molar-refractivity contribution in [2.75, 3.05) is 10.6 Å². The molecular formula is C22H21ClN4O2. The molecule has 1 unspecified atom stereocenters. The van der Waals surface area contributed by atoms with Gasteiger partial charge in [0.05, 0.1) is 12.1 Å². The quantitative estimate of drug-likeness (QED) is 0.662. The summed E-state index contributed by atoms with van der Waals surface area (Å²) in [5.41, 5.74) is 5.13. The van der Waals surface area contributed by atoms with Gasteiger partial charge in [0.15, 0.2) is 0 Å². The van der Waals surface area contributed by atoms with Crippen molar-refractivity contribution >= 4 is 34.9 Å². The molecule has 6 nitrogen and oxygen atoms in total. The van der Waals surface area contributed by atoms with Crippen molar-refractivity contribution in [3.63, 3.8) is 0 Å². The van der Waals surface area contributed by atoms with Gasteiger partial charge in [0.1, 0.15) is 11.9 Å². The zero-order valence-corrected chi connectivity index (χ0v) is 17.2. The average Bonchev–Trinajstić information content (AvgIpc) is 3.00.